The molecule has 0 saturated carbocycles. The van der Waals surface area contributed by atoms with Crippen LogP contribution in [-0.4, -0.2) is 5.34 Å². The van der Waals surface area contributed by atoms with Crippen LogP contribution in [0.3, 0.4) is 0 Å². The van der Waals surface area contributed by atoms with Gasteiger partial charge in [0, 0.05) is 0 Å². The summed E-state index contributed by atoms with van der Waals surface area (Å²) >= 11 is 24.1. The monoisotopic (exact) mass is 220 g/mol. The molecule has 0 aliphatic carbocycles. The number of rotatable bonds is 0. The number of hydrogen-bond acceptors (Lipinski definition) is 0. The minimum Gasteiger partial charge on any atom is -0.109 e. The third kappa shape index (κ3) is 77.1. The minimum absolute atomic E-state index is 0.194. The third-order valence-electron chi connectivity index (χ3n) is 0. The summed E-state index contributed by atoms with van der Waals surface area (Å²) < 4.78 is 0. The fourth-order valence-electron chi connectivity index (χ4n) is 0. The summed E-state index contributed by atoms with van der Waals surface area (Å²) in [6, 6.07) is 0. The average molecular weight is 222 g/mol. The van der Waals surface area contributed by atoms with Gasteiger partial charge in [-0.05, 0) is 0 Å². The highest BCUT2D eigenvalue weighted by molar-refractivity contribution is 8.20. The predicted octanol–water partition coefficient (Wildman–Crippen LogP) is 4.35. The third-order valence-corrected chi connectivity index (χ3v) is 0. The van der Waals surface area contributed by atoms with E-state index in [9.17, 15) is 0 Å². The largest absolute Gasteiger partial charge is 0.179 e. The standard InChI is InChI=1S/CH2Cl2.Cl3P/c2-1-3;1-4(2)3/h1H2;. The Balaban J connectivity index is 0. The molecule has 0 amide bonds. The van der Waals surface area contributed by atoms with Gasteiger partial charge in [-0.15, -0.1) is 23.2 Å². The molecule has 0 rings (SSSR count). The van der Waals surface area contributed by atoms with Crippen LogP contribution in [-0.2, 0) is 0 Å². The quantitative estimate of drug-likeness (QED) is 0.422. The Kier molecular flexibility index (Phi) is 18.0. The lowest BCUT2D eigenvalue weighted by Crippen LogP contribution is -1.24. The highest BCUT2D eigenvalue weighted by Crippen LogP contribution is 2.51. The number of alkyl halides is 2. The van der Waals surface area contributed by atoms with Crippen LogP contribution >= 0.6 is 62.9 Å². The summed E-state index contributed by atoms with van der Waals surface area (Å²) in [5.74, 6) is -1.20. The summed E-state index contributed by atoms with van der Waals surface area (Å²) in [6.45, 7) is 0. The molecular formula is CH2Cl5P. The molecule has 0 aromatic heterocycles. The molecule has 0 aromatic rings. The van der Waals surface area contributed by atoms with Crippen molar-refractivity contribution in [2.75, 3.05) is 5.34 Å². The van der Waals surface area contributed by atoms with Crippen LogP contribution in [0.15, 0.2) is 0 Å². The fourth-order valence-corrected chi connectivity index (χ4v) is 0. The van der Waals surface area contributed by atoms with E-state index in [1.165, 1.54) is 0 Å². The molecule has 0 heterocycles. The molecule has 0 aliphatic rings. The van der Waals surface area contributed by atoms with Gasteiger partial charge in [0.05, 0.1) is 5.34 Å². The van der Waals surface area contributed by atoms with Gasteiger partial charge in [-0.2, -0.15) is 0 Å². The molecule has 0 bridgehead atoms. The molecule has 0 aliphatic heterocycles. The normalized spacial score (nSPS) is 7.71. The zero-order chi connectivity index (χ0) is 6.28. The lowest BCUT2D eigenvalue weighted by Gasteiger charge is -1.68. The Morgan fingerprint density at radius 1 is 1.00 bits per heavy atom. The Bertz CT molecular complexity index is 19.3. The van der Waals surface area contributed by atoms with Crippen LogP contribution in [0, 0.1) is 0 Å². The Morgan fingerprint density at radius 3 is 1.00 bits per heavy atom. The van der Waals surface area contributed by atoms with Gasteiger partial charge in [-0.3, -0.25) is 0 Å². The highest BCUT2D eigenvalue weighted by atomic mass is 36.0. The second-order valence-corrected chi connectivity index (χ2v) is 6.08. The summed E-state index contributed by atoms with van der Waals surface area (Å²) in [5, 5.41) is 0.194. The molecule has 0 radical (unpaired) electrons. The summed E-state index contributed by atoms with van der Waals surface area (Å²) in [6.07, 6.45) is 0. The SMILES string of the molecule is ClCCl.ClP(Cl)Cl. The van der Waals surface area contributed by atoms with Gasteiger partial charge in [0.1, 0.15) is 0 Å². The molecule has 46 valence electrons. The Morgan fingerprint density at radius 2 is 1.00 bits per heavy atom. The maximum absolute atomic E-state index is 4.87. The van der Waals surface area contributed by atoms with E-state index in [0.717, 1.165) is 0 Å². The van der Waals surface area contributed by atoms with Crippen LogP contribution in [0.4, 0.5) is 0 Å². The van der Waals surface area contributed by atoms with E-state index < -0.39 is 5.98 Å². The molecule has 0 aromatic carbocycles. The van der Waals surface area contributed by atoms with Crippen molar-refractivity contribution in [3.8, 4) is 0 Å². The van der Waals surface area contributed by atoms with Gasteiger partial charge in [-0.25, -0.2) is 0 Å². The number of hydrogen-bond donors (Lipinski definition) is 0. The first-order valence-corrected chi connectivity index (χ1v) is 6.17. The van der Waals surface area contributed by atoms with E-state index in [2.05, 4.69) is 0 Å². The highest BCUT2D eigenvalue weighted by Gasteiger charge is 1.80. The van der Waals surface area contributed by atoms with Gasteiger partial charge in [0.25, 0.3) is 0 Å². The Hall–Kier alpha value is 1.88. The maximum atomic E-state index is 4.87. The first-order chi connectivity index (χ1) is 3.15. The van der Waals surface area contributed by atoms with E-state index in [-0.39, 0.29) is 5.34 Å². The fraction of sp³-hybridized carbons (Fsp3) is 1.00. The van der Waals surface area contributed by atoms with Crippen LogP contribution in [0.25, 0.3) is 0 Å². The summed E-state index contributed by atoms with van der Waals surface area (Å²) in [4.78, 5) is 0. The summed E-state index contributed by atoms with van der Waals surface area (Å²) in [7, 11) is 0. The first-order valence-electron chi connectivity index (χ1n) is 1.04. The predicted molar refractivity (Wildman–Crippen MR) is 41.1 cm³/mol. The van der Waals surface area contributed by atoms with Crippen molar-refractivity contribution < 1.29 is 0 Å². The smallest absolute Gasteiger partial charge is 0.109 e. The van der Waals surface area contributed by atoms with Crippen LogP contribution in [0.5, 0.6) is 0 Å². The topological polar surface area (TPSA) is 0 Å². The molecule has 7 heavy (non-hydrogen) atoms. The second kappa shape index (κ2) is 10.8. The molecule has 0 fully saturated rings. The lowest BCUT2D eigenvalue weighted by molar-refractivity contribution is 2.20. The zero-order valence-electron chi connectivity index (χ0n) is 3.04. The second-order valence-electron chi connectivity index (χ2n) is 0.293. The molecule has 0 unspecified atom stereocenters. The van der Waals surface area contributed by atoms with E-state index in [4.69, 9.17) is 56.9 Å². The molecule has 0 saturated heterocycles. The Labute approximate surface area is 68.1 Å². The van der Waals surface area contributed by atoms with Gasteiger partial charge >= 0.3 is 0 Å². The maximum Gasteiger partial charge on any atom is 0.179 e. The van der Waals surface area contributed by atoms with Crippen molar-refractivity contribution in [2.45, 2.75) is 0 Å². The van der Waals surface area contributed by atoms with Crippen molar-refractivity contribution >= 4 is 62.9 Å². The number of halogens is 5. The van der Waals surface area contributed by atoms with Crippen molar-refractivity contribution in [3.63, 3.8) is 0 Å². The first kappa shape index (κ1) is 11.6. The average Bonchev–Trinajstić information content (AvgIpc) is 1.33. The minimum atomic E-state index is -1.20. The lowest BCUT2D eigenvalue weighted by atomic mass is 11.9. The van der Waals surface area contributed by atoms with Crippen molar-refractivity contribution in [1.29, 1.82) is 0 Å². The van der Waals surface area contributed by atoms with Gasteiger partial charge in [0.2, 0.25) is 0 Å². The molecule has 0 spiro atoms. The zero-order valence-corrected chi connectivity index (χ0v) is 7.72. The van der Waals surface area contributed by atoms with E-state index in [1.807, 2.05) is 0 Å². The van der Waals surface area contributed by atoms with E-state index in [0.29, 0.717) is 0 Å². The van der Waals surface area contributed by atoms with E-state index in [1.54, 1.807) is 0 Å². The molecule has 6 heteroatoms. The van der Waals surface area contributed by atoms with Crippen LogP contribution < -0.4 is 0 Å². The van der Waals surface area contributed by atoms with E-state index >= 15 is 0 Å². The van der Waals surface area contributed by atoms with Gasteiger partial charge < -0.3 is 0 Å². The van der Waals surface area contributed by atoms with Gasteiger partial charge in [-0.1, -0.05) is 33.7 Å². The van der Waals surface area contributed by atoms with Crippen molar-refractivity contribution in [1.82, 2.24) is 0 Å². The van der Waals surface area contributed by atoms with Crippen molar-refractivity contribution in [3.05, 3.63) is 0 Å². The van der Waals surface area contributed by atoms with Crippen LogP contribution in [0.2, 0.25) is 0 Å². The summed E-state index contributed by atoms with van der Waals surface area (Å²) in [5.41, 5.74) is 0. The van der Waals surface area contributed by atoms with Gasteiger partial charge in [0.15, 0.2) is 5.98 Å². The molecule has 0 N–H and O–H groups in total. The van der Waals surface area contributed by atoms with Crippen LogP contribution in [0.1, 0.15) is 0 Å². The molecular weight excluding hydrogens is 220 g/mol. The molecule has 0 nitrogen and oxygen atoms in total. The molecule has 0 atom stereocenters. The van der Waals surface area contributed by atoms with Crippen molar-refractivity contribution in [2.24, 2.45) is 0 Å².